The molecule has 1 rings (SSSR count). The Hall–Kier alpha value is -2.04. The number of carboxylic acid groups (broad SMARTS) is 1. The van der Waals surface area contributed by atoms with Crippen molar-refractivity contribution in [3.8, 4) is 5.75 Å². The highest BCUT2D eigenvalue weighted by atomic mass is 16.5. The first kappa shape index (κ1) is 18.0. The maximum atomic E-state index is 11.9. The average Bonchev–Trinajstić information content (AvgIpc) is 2.46. The predicted molar refractivity (Wildman–Crippen MR) is 85.0 cm³/mol. The molecular weight excluding hydrogens is 282 g/mol. The Morgan fingerprint density at radius 3 is 2.55 bits per heavy atom. The highest BCUT2D eigenvalue weighted by Crippen LogP contribution is 2.19. The number of methoxy groups -OCH3 is 1. The topological polar surface area (TPSA) is 75.6 Å². The second kappa shape index (κ2) is 9.07. The van der Waals surface area contributed by atoms with E-state index in [9.17, 15) is 9.59 Å². The van der Waals surface area contributed by atoms with Gasteiger partial charge >= 0.3 is 5.97 Å². The molecule has 0 aliphatic heterocycles. The minimum absolute atomic E-state index is 0.218. The van der Waals surface area contributed by atoms with Crippen LogP contribution in [0.15, 0.2) is 24.3 Å². The van der Waals surface area contributed by atoms with Gasteiger partial charge in [0.15, 0.2) is 0 Å². The second-order valence-corrected chi connectivity index (χ2v) is 5.75. The first-order valence-electron chi connectivity index (χ1n) is 7.58. The summed E-state index contributed by atoms with van der Waals surface area (Å²) >= 11 is 0. The summed E-state index contributed by atoms with van der Waals surface area (Å²) in [5.41, 5.74) is 1.05. The first-order chi connectivity index (χ1) is 10.4. The van der Waals surface area contributed by atoms with Crippen LogP contribution >= 0.6 is 0 Å². The highest BCUT2D eigenvalue weighted by molar-refractivity contribution is 5.83. The Morgan fingerprint density at radius 2 is 1.95 bits per heavy atom. The zero-order chi connectivity index (χ0) is 16.5. The van der Waals surface area contributed by atoms with Gasteiger partial charge < -0.3 is 15.2 Å². The molecule has 0 radical (unpaired) electrons. The van der Waals surface area contributed by atoms with Gasteiger partial charge in [-0.1, -0.05) is 32.0 Å². The molecule has 1 amide bonds. The van der Waals surface area contributed by atoms with E-state index in [2.05, 4.69) is 5.32 Å². The molecule has 0 aliphatic rings. The number of amides is 1. The molecule has 0 unspecified atom stereocenters. The van der Waals surface area contributed by atoms with Crippen molar-refractivity contribution in [3.05, 3.63) is 29.8 Å². The molecule has 2 N–H and O–H groups in total. The largest absolute Gasteiger partial charge is 0.496 e. The molecule has 0 heterocycles. The van der Waals surface area contributed by atoms with E-state index in [1.165, 1.54) is 0 Å². The molecule has 122 valence electrons. The quantitative estimate of drug-likeness (QED) is 0.735. The molecule has 5 nitrogen and oxygen atoms in total. The Morgan fingerprint density at radius 1 is 1.27 bits per heavy atom. The van der Waals surface area contributed by atoms with Crippen LogP contribution in [0.3, 0.4) is 0 Å². The molecule has 22 heavy (non-hydrogen) atoms. The summed E-state index contributed by atoms with van der Waals surface area (Å²) in [4.78, 5) is 23.0. The number of rotatable bonds is 9. The number of benzene rings is 1. The number of nitrogens with one attached hydrogen (secondary N) is 1. The van der Waals surface area contributed by atoms with Crippen LogP contribution in [0.4, 0.5) is 0 Å². The molecule has 1 atom stereocenters. The van der Waals surface area contributed by atoms with Crippen LogP contribution in [0.2, 0.25) is 0 Å². The van der Waals surface area contributed by atoms with Crippen molar-refractivity contribution < 1.29 is 19.4 Å². The smallest absolute Gasteiger partial charge is 0.326 e. The maximum Gasteiger partial charge on any atom is 0.326 e. The summed E-state index contributed by atoms with van der Waals surface area (Å²) < 4.78 is 5.26. The van der Waals surface area contributed by atoms with E-state index in [1.54, 1.807) is 7.11 Å². The van der Waals surface area contributed by atoms with Crippen LogP contribution < -0.4 is 10.1 Å². The Balaban J connectivity index is 2.43. The summed E-state index contributed by atoms with van der Waals surface area (Å²) in [6.45, 7) is 3.87. The van der Waals surface area contributed by atoms with Gasteiger partial charge in [0.2, 0.25) is 5.91 Å². The fraction of sp³-hybridized carbons (Fsp3) is 0.529. The van der Waals surface area contributed by atoms with Crippen molar-refractivity contribution in [1.82, 2.24) is 5.32 Å². The standard InChI is InChI=1S/C17H25NO4/c1-12(2)11-14(17(20)21)18-16(19)10-6-8-13-7-4-5-9-15(13)22-3/h4-5,7,9,12,14H,6,8,10-11H2,1-3H3,(H,18,19)(H,20,21)/t14-/m0/s1. The van der Waals surface area contributed by atoms with E-state index >= 15 is 0 Å². The molecule has 1 aromatic rings. The van der Waals surface area contributed by atoms with Gasteiger partial charge in [0.1, 0.15) is 11.8 Å². The zero-order valence-corrected chi connectivity index (χ0v) is 13.5. The lowest BCUT2D eigenvalue weighted by molar-refractivity contribution is -0.142. The summed E-state index contributed by atoms with van der Waals surface area (Å²) in [7, 11) is 1.62. The molecule has 1 aromatic carbocycles. The summed E-state index contributed by atoms with van der Waals surface area (Å²) in [6, 6.07) is 6.88. The number of hydrogen-bond acceptors (Lipinski definition) is 3. The fourth-order valence-electron chi connectivity index (χ4n) is 2.31. The van der Waals surface area contributed by atoms with Crippen LogP contribution in [-0.4, -0.2) is 30.1 Å². The van der Waals surface area contributed by atoms with Gasteiger partial charge in [-0.05, 0) is 36.8 Å². The lowest BCUT2D eigenvalue weighted by Crippen LogP contribution is -2.41. The van der Waals surface area contributed by atoms with Gasteiger partial charge in [-0.25, -0.2) is 4.79 Å². The number of carbonyl (C=O) groups is 2. The minimum Gasteiger partial charge on any atom is -0.496 e. The molecular formula is C17H25NO4. The Bertz CT molecular complexity index is 499. The van der Waals surface area contributed by atoms with Gasteiger partial charge in [-0.2, -0.15) is 0 Å². The molecule has 0 fully saturated rings. The van der Waals surface area contributed by atoms with Gasteiger partial charge in [0.25, 0.3) is 0 Å². The van der Waals surface area contributed by atoms with Gasteiger partial charge in [0.05, 0.1) is 7.11 Å². The van der Waals surface area contributed by atoms with E-state index < -0.39 is 12.0 Å². The van der Waals surface area contributed by atoms with Crippen LogP contribution in [0.25, 0.3) is 0 Å². The van der Waals surface area contributed by atoms with Crippen molar-refractivity contribution in [1.29, 1.82) is 0 Å². The van der Waals surface area contributed by atoms with E-state index in [-0.39, 0.29) is 11.8 Å². The van der Waals surface area contributed by atoms with Crippen molar-refractivity contribution in [2.75, 3.05) is 7.11 Å². The van der Waals surface area contributed by atoms with Crippen molar-refractivity contribution in [3.63, 3.8) is 0 Å². The molecule has 0 aromatic heterocycles. The van der Waals surface area contributed by atoms with E-state index in [1.807, 2.05) is 38.1 Å². The van der Waals surface area contributed by atoms with Crippen molar-refractivity contribution in [2.45, 2.75) is 45.6 Å². The lowest BCUT2D eigenvalue weighted by atomic mass is 10.0. The molecule has 0 aliphatic carbocycles. The molecule has 0 spiro atoms. The number of para-hydroxylation sites is 1. The first-order valence-corrected chi connectivity index (χ1v) is 7.58. The number of carbonyl (C=O) groups excluding carboxylic acids is 1. The van der Waals surface area contributed by atoms with E-state index in [0.29, 0.717) is 19.3 Å². The van der Waals surface area contributed by atoms with Gasteiger partial charge in [-0.3, -0.25) is 4.79 Å². The van der Waals surface area contributed by atoms with Gasteiger partial charge in [0, 0.05) is 6.42 Å². The number of ether oxygens (including phenoxy) is 1. The second-order valence-electron chi connectivity index (χ2n) is 5.75. The van der Waals surface area contributed by atoms with Crippen LogP contribution in [0.5, 0.6) is 5.75 Å². The molecule has 5 heteroatoms. The number of aryl methyl sites for hydroxylation is 1. The van der Waals surface area contributed by atoms with Crippen molar-refractivity contribution >= 4 is 11.9 Å². The summed E-state index contributed by atoms with van der Waals surface area (Å²) in [6.07, 6.45) is 2.12. The third kappa shape index (κ3) is 6.16. The molecule has 0 bridgehead atoms. The lowest BCUT2D eigenvalue weighted by Gasteiger charge is -2.16. The number of carboxylic acids is 1. The summed E-state index contributed by atoms with van der Waals surface area (Å²) in [5, 5.41) is 11.7. The van der Waals surface area contributed by atoms with E-state index in [0.717, 1.165) is 17.7 Å². The SMILES string of the molecule is COc1ccccc1CCCC(=O)N[C@@H](CC(C)C)C(=O)O. The van der Waals surface area contributed by atoms with Crippen LogP contribution in [-0.2, 0) is 16.0 Å². The van der Waals surface area contributed by atoms with Crippen molar-refractivity contribution in [2.24, 2.45) is 5.92 Å². The normalized spacial score (nSPS) is 12.0. The Kier molecular flexibility index (Phi) is 7.43. The average molecular weight is 307 g/mol. The fourth-order valence-corrected chi connectivity index (χ4v) is 2.31. The van der Waals surface area contributed by atoms with E-state index in [4.69, 9.17) is 9.84 Å². The highest BCUT2D eigenvalue weighted by Gasteiger charge is 2.20. The number of hydrogen-bond donors (Lipinski definition) is 2. The Labute approximate surface area is 131 Å². The predicted octanol–water partition coefficient (Wildman–Crippen LogP) is 2.63. The molecule has 0 saturated carbocycles. The summed E-state index contributed by atoms with van der Waals surface area (Å²) in [5.74, 6) is -0.171. The van der Waals surface area contributed by atoms with Crippen LogP contribution in [0, 0.1) is 5.92 Å². The third-order valence-electron chi connectivity index (χ3n) is 3.38. The minimum atomic E-state index is -0.980. The zero-order valence-electron chi connectivity index (χ0n) is 13.5. The molecule has 0 saturated heterocycles. The third-order valence-corrected chi connectivity index (χ3v) is 3.38. The maximum absolute atomic E-state index is 11.9. The number of aliphatic carboxylic acids is 1. The van der Waals surface area contributed by atoms with Gasteiger partial charge in [-0.15, -0.1) is 0 Å². The monoisotopic (exact) mass is 307 g/mol. The van der Waals surface area contributed by atoms with Crippen LogP contribution in [0.1, 0.15) is 38.7 Å².